The molecule has 0 fully saturated rings. The van der Waals surface area contributed by atoms with Crippen molar-refractivity contribution in [3.8, 4) is 17.1 Å². The molecule has 9 heteroatoms. The average molecular weight is 362 g/mol. The van der Waals surface area contributed by atoms with Crippen LogP contribution in [0, 0.1) is 0 Å². The first-order valence-corrected chi connectivity index (χ1v) is 9.12. The summed E-state index contributed by atoms with van der Waals surface area (Å²) in [5, 5.41) is 14.7. The number of hydrogen-bond donors (Lipinski definition) is 1. The average Bonchev–Trinajstić information content (AvgIpc) is 3.25. The molecule has 1 amide bonds. The summed E-state index contributed by atoms with van der Waals surface area (Å²) in [6.45, 7) is 2.53. The van der Waals surface area contributed by atoms with Crippen LogP contribution in [-0.4, -0.2) is 34.1 Å². The molecule has 1 N–H and O–H groups in total. The van der Waals surface area contributed by atoms with Crippen molar-refractivity contribution in [2.75, 3.05) is 18.2 Å². The summed E-state index contributed by atoms with van der Waals surface area (Å²) < 4.78 is 11.4. The summed E-state index contributed by atoms with van der Waals surface area (Å²) in [5.41, 5.74) is 0.991. The number of benzene rings is 1. The van der Waals surface area contributed by atoms with Gasteiger partial charge in [-0.05, 0) is 37.4 Å². The zero-order valence-electron chi connectivity index (χ0n) is 13.0. The predicted molar refractivity (Wildman–Crippen MR) is 92.8 cm³/mol. The smallest absolute Gasteiger partial charge is 0.279 e. The molecule has 0 aliphatic rings. The minimum Gasteiger partial charge on any atom is -0.494 e. The lowest BCUT2D eigenvalue weighted by Crippen LogP contribution is -2.11. The maximum Gasteiger partial charge on any atom is 0.279 e. The number of anilines is 1. The van der Waals surface area contributed by atoms with Gasteiger partial charge in [0.15, 0.2) is 15.8 Å². The van der Waals surface area contributed by atoms with Crippen molar-refractivity contribution in [2.24, 2.45) is 0 Å². The molecular formula is C15H14N4O3S2. The Labute approximate surface area is 146 Å². The minimum absolute atomic E-state index is 0.180. The lowest BCUT2D eigenvalue weighted by molar-refractivity contribution is 0.101. The van der Waals surface area contributed by atoms with E-state index in [-0.39, 0.29) is 11.6 Å². The number of aromatic nitrogens is 3. The minimum atomic E-state index is -0.389. The van der Waals surface area contributed by atoms with E-state index in [2.05, 4.69) is 20.7 Å². The molecule has 2 heterocycles. The summed E-state index contributed by atoms with van der Waals surface area (Å²) >= 11 is 2.77. The lowest BCUT2D eigenvalue weighted by atomic mass is 10.1. The maximum atomic E-state index is 12.2. The largest absolute Gasteiger partial charge is 0.494 e. The fourth-order valence-electron chi connectivity index (χ4n) is 1.90. The van der Waals surface area contributed by atoms with Gasteiger partial charge in [0.05, 0.1) is 6.61 Å². The fraction of sp³-hybridized carbons (Fsp3) is 0.200. The van der Waals surface area contributed by atoms with Crippen molar-refractivity contribution in [3.63, 3.8) is 0 Å². The highest BCUT2D eigenvalue weighted by Gasteiger charge is 2.16. The number of nitrogens with zero attached hydrogens (tertiary/aromatic N) is 3. The topological polar surface area (TPSA) is 90.1 Å². The van der Waals surface area contributed by atoms with Gasteiger partial charge < -0.3 is 9.26 Å². The van der Waals surface area contributed by atoms with Crippen LogP contribution in [0.3, 0.4) is 0 Å². The molecule has 0 atom stereocenters. The normalized spacial score (nSPS) is 10.6. The van der Waals surface area contributed by atoms with Gasteiger partial charge in [0.2, 0.25) is 5.13 Å². The van der Waals surface area contributed by atoms with Crippen LogP contribution >= 0.6 is 23.1 Å². The monoisotopic (exact) mass is 362 g/mol. The van der Waals surface area contributed by atoms with Crippen molar-refractivity contribution in [1.29, 1.82) is 0 Å². The predicted octanol–water partition coefficient (Wildman–Crippen LogP) is 3.57. The second-order valence-electron chi connectivity index (χ2n) is 4.57. The highest BCUT2D eigenvalue weighted by atomic mass is 32.2. The molecule has 124 valence electrons. The molecule has 0 saturated heterocycles. The van der Waals surface area contributed by atoms with E-state index < -0.39 is 0 Å². The zero-order chi connectivity index (χ0) is 16.9. The highest BCUT2D eigenvalue weighted by Crippen LogP contribution is 2.25. The lowest BCUT2D eigenvalue weighted by Gasteiger charge is -2.02. The van der Waals surface area contributed by atoms with Crippen LogP contribution in [-0.2, 0) is 0 Å². The number of carbonyl (C=O) groups is 1. The molecule has 0 bridgehead atoms. The van der Waals surface area contributed by atoms with E-state index in [0.717, 1.165) is 15.7 Å². The number of nitrogens with one attached hydrogen (secondary N) is 1. The van der Waals surface area contributed by atoms with E-state index in [1.807, 2.05) is 37.4 Å². The van der Waals surface area contributed by atoms with Crippen LogP contribution < -0.4 is 10.1 Å². The van der Waals surface area contributed by atoms with E-state index in [0.29, 0.717) is 17.5 Å². The molecule has 0 aliphatic carbocycles. The summed E-state index contributed by atoms with van der Waals surface area (Å²) in [7, 11) is 0. The Morgan fingerprint density at radius 3 is 2.79 bits per heavy atom. The Bertz CT molecular complexity index is 829. The highest BCUT2D eigenvalue weighted by molar-refractivity contribution is 8.00. The van der Waals surface area contributed by atoms with Crippen molar-refractivity contribution >= 4 is 34.1 Å². The number of hydrogen-bond acceptors (Lipinski definition) is 8. The molecule has 0 aliphatic heterocycles. The summed E-state index contributed by atoms with van der Waals surface area (Å²) in [4.78, 5) is 12.2. The summed E-state index contributed by atoms with van der Waals surface area (Å²) in [5.74, 6) is 0.893. The first-order valence-electron chi connectivity index (χ1n) is 7.08. The number of carbonyl (C=O) groups excluding carboxylic acids is 1. The second-order valence-corrected chi connectivity index (χ2v) is 6.60. The van der Waals surface area contributed by atoms with E-state index in [1.165, 1.54) is 23.1 Å². The van der Waals surface area contributed by atoms with Crippen LogP contribution in [0.2, 0.25) is 0 Å². The van der Waals surface area contributed by atoms with Crippen molar-refractivity contribution in [2.45, 2.75) is 11.3 Å². The number of ether oxygens (including phenoxy) is 1. The molecule has 24 heavy (non-hydrogen) atoms. The molecule has 3 rings (SSSR count). The SMILES string of the molecule is CCOc1ccc(-c2cc(C(=O)Nc3nnc(SC)s3)no2)cc1. The molecular weight excluding hydrogens is 348 g/mol. The van der Waals surface area contributed by atoms with Crippen LogP contribution in [0.4, 0.5) is 5.13 Å². The van der Waals surface area contributed by atoms with Gasteiger partial charge in [0, 0.05) is 11.6 Å². The zero-order valence-corrected chi connectivity index (χ0v) is 14.6. The quantitative estimate of drug-likeness (QED) is 0.529. The first-order chi connectivity index (χ1) is 11.7. The molecule has 0 unspecified atom stereocenters. The van der Waals surface area contributed by atoms with Crippen LogP contribution in [0.1, 0.15) is 17.4 Å². The van der Waals surface area contributed by atoms with Gasteiger partial charge in [0.25, 0.3) is 5.91 Å². The van der Waals surface area contributed by atoms with E-state index in [1.54, 1.807) is 6.07 Å². The Balaban J connectivity index is 1.71. The van der Waals surface area contributed by atoms with Crippen LogP contribution in [0.15, 0.2) is 39.2 Å². The maximum absolute atomic E-state index is 12.2. The first kappa shape index (κ1) is 16.5. The third-order valence-corrected chi connectivity index (χ3v) is 4.81. The third kappa shape index (κ3) is 3.74. The van der Waals surface area contributed by atoms with Gasteiger partial charge in [0.1, 0.15) is 5.75 Å². The number of amides is 1. The van der Waals surface area contributed by atoms with Gasteiger partial charge in [-0.1, -0.05) is 28.3 Å². The Kier molecular flexibility index (Phi) is 5.11. The van der Waals surface area contributed by atoms with Crippen molar-refractivity contribution < 1.29 is 14.1 Å². The Morgan fingerprint density at radius 1 is 1.33 bits per heavy atom. The third-order valence-electron chi connectivity index (χ3n) is 2.99. The number of thioether (sulfide) groups is 1. The van der Waals surface area contributed by atoms with Gasteiger partial charge in [-0.2, -0.15) is 0 Å². The molecule has 7 nitrogen and oxygen atoms in total. The van der Waals surface area contributed by atoms with Crippen LogP contribution in [0.25, 0.3) is 11.3 Å². The van der Waals surface area contributed by atoms with Gasteiger partial charge in [-0.3, -0.25) is 10.1 Å². The van der Waals surface area contributed by atoms with E-state index in [4.69, 9.17) is 9.26 Å². The van der Waals surface area contributed by atoms with E-state index >= 15 is 0 Å². The summed E-state index contributed by atoms with van der Waals surface area (Å²) in [6, 6.07) is 8.96. The molecule has 1 aromatic carbocycles. The molecule has 0 spiro atoms. The van der Waals surface area contributed by atoms with Gasteiger partial charge >= 0.3 is 0 Å². The second kappa shape index (κ2) is 7.45. The Morgan fingerprint density at radius 2 is 2.12 bits per heavy atom. The van der Waals surface area contributed by atoms with Crippen LogP contribution in [0.5, 0.6) is 5.75 Å². The van der Waals surface area contributed by atoms with E-state index in [9.17, 15) is 4.79 Å². The van der Waals surface area contributed by atoms with Gasteiger partial charge in [-0.15, -0.1) is 10.2 Å². The molecule has 3 aromatic rings. The fourth-order valence-corrected chi connectivity index (χ4v) is 3.07. The standard InChI is InChI=1S/C15H14N4O3S2/c1-3-21-10-6-4-9(5-7-10)12-8-11(19-22-12)13(20)16-14-17-18-15(23-2)24-14/h4-8H,3H2,1-2H3,(H,16,17,20). The summed E-state index contributed by atoms with van der Waals surface area (Å²) in [6.07, 6.45) is 1.90. The Hall–Kier alpha value is -2.39. The molecule has 2 aromatic heterocycles. The molecule has 0 radical (unpaired) electrons. The molecule has 0 saturated carbocycles. The van der Waals surface area contributed by atoms with Crippen molar-refractivity contribution in [3.05, 3.63) is 36.0 Å². The number of rotatable bonds is 6. The van der Waals surface area contributed by atoms with Gasteiger partial charge in [-0.25, -0.2) is 0 Å². The van der Waals surface area contributed by atoms with Crippen molar-refractivity contribution in [1.82, 2.24) is 15.4 Å².